The summed E-state index contributed by atoms with van der Waals surface area (Å²) < 4.78 is 7.86. The Balaban J connectivity index is 1.80. The van der Waals surface area contributed by atoms with Gasteiger partial charge < -0.3 is 9.30 Å². The summed E-state index contributed by atoms with van der Waals surface area (Å²) in [5.41, 5.74) is 12.2. The molecule has 0 radical (unpaired) electrons. The summed E-state index contributed by atoms with van der Waals surface area (Å²) in [6.45, 7) is 12.0. The van der Waals surface area contributed by atoms with Gasteiger partial charge in [-0.3, -0.25) is 4.79 Å². The van der Waals surface area contributed by atoms with Gasteiger partial charge in [0.1, 0.15) is 5.76 Å². The van der Waals surface area contributed by atoms with Gasteiger partial charge in [-0.15, -0.1) is 0 Å². The summed E-state index contributed by atoms with van der Waals surface area (Å²) in [4.78, 5) is 12.7. The summed E-state index contributed by atoms with van der Waals surface area (Å²) in [5.74, 6) is 0.674. The quantitative estimate of drug-likeness (QED) is 0.183. The van der Waals surface area contributed by atoms with Crippen LogP contribution in [0.4, 0.5) is 0 Å². The smallest absolute Gasteiger partial charge is 0.163 e. The van der Waals surface area contributed by atoms with E-state index in [9.17, 15) is 4.79 Å². The third kappa shape index (κ3) is 3.86. The van der Waals surface area contributed by atoms with Crippen LogP contribution in [0.2, 0.25) is 0 Å². The van der Waals surface area contributed by atoms with E-state index in [0.717, 1.165) is 22.4 Å². The van der Waals surface area contributed by atoms with E-state index in [-0.39, 0.29) is 5.78 Å². The van der Waals surface area contributed by atoms with Crippen LogP contribution in [0.15, 0.2) is 78.6 Å². The lowest BCUT2D eigenvalue weighted by Gasteiger charge is -2.23. The largest absolute Gasteiger partial charge is 0.501 e. The Bertz CT molecular complexity index is 1690. The second kappa shape index (κ2) is 9.40. The van der Waals surface area contributed by atoms with Crippen LogP contribution < -0.4 is 0 Å². The number of carbonyl (C=O) groups is 1. The van der Waals surface area contributed by atoms with E-state index in [1.165, 1.54) is 44.1 Å². The molecule has 0 fully saturated rings. The van der Waals surface area contributed by atoms with E-state index in [1.807, 2.05) is 6.92 Å². The van der Waals surface area contributed by atoms with Crippen molar-refractivity contribution in [2.75, 3.05) is 7.11 Å². The molecule has 0 aliphatic carbocycles. The lowest BCUT2D eigenvalue weighted by molar-refractivity contribution is -0.111. The summed E-state index contributed by atoms with van der Waals surface area (Å²) >= 11 is 0. The summed E-state index contributed by atoms with van der Waals surface area (Å²) in [5, 5.41) is 2.47. The number of hydrogen-bond donors (Lipinski definition) is 0. The maximum absolute atomic E-state index is 12.7. The van der Waals surface area contributed by atoms with Crippen LogP contribution in [-0.2, 0) is 9.53 Å². The Morgan fingerprint density at radius 3 is 1.92 bits per heavy atom. The average Bonchev–Trinajstić information content (AvgIpc) is 3.24. The number of carbonyl (C=O) groups excluding carboxylic acids is 1. The van der Waals surface area contributed by atoms with E-state index in [0.29, 0.717) is 11.3 Å². The molecule has 5 rings (SSSR count). The molecule has 4 aromatic carbocycles. The van der Waals surface area contributed by atoms with E-state index in [4.69, 9.17) is 4.74 Å². The Kier molecular flexibility index (Phi) is 6.25. The predicted octanol–water partition coefficient (Wildman–Crippen LogP) is 8.65. The van der Waals surface area contributed by atoms with Gasteiger partial charge in [-0.2, -0.15) is 0 Å². The third-order valence-corrected chi connectivity index (χ3v) is 7.86. The van der Waals surface area contributed by atoms with Crippen LogP contribution in [0.25, 0.3) is 44.2 Å². The van der Waals surface area contributed by atoms with Gasteiger partial charge in [-0.25, -0.2) is 0 Å². The molecule has 0 atom stereocenters. The lowest BCUT2D eigenvalue weighted by atomic mass is 9.82. The van der Waals surface area contributed by atoms with Crippen LogP contribution in [-0.4, -0.2) is 17.5 Å². The van der Waals surface area contributed by atoms with Crippen molar-refractivity contribution in [3.8, 4) is 16.8 Å². The van der Waals surface area contributed by atoms with E-state index < -0.39 is 0 Å². The molecule has 0 N–H and O–H groups in total. The first kappa shape index (κ1) is 24.6. The van der Waals surface area contributed by atoms with Gasteiger partial charge in [-0.1, -0.05) is 42.5 Å². The number of methoxy groups -OCH3 is 1. The molecule has 0 amide bonds. The summed E-state index contributed by atoms with van der Waals surface area (Å²) in [6.07, 6.45) is 0. The Morgan fingerprint density at radius 2 is 1.30 bits per heavy atom. The van der Waals surface area contributed by atoms with Gasteiger partial charge in [0.15, 0.2) is 5.78 Å². The highest BCUT2D eigenvalue weighted by molar-refractivity contribution is 6.21. The van der Waals surface area contributed by atoms with Crippen molar-refractivity contribution < 1.29 is 9.53 Å². The van der Waals surface area contributed by atoms with Crippen molar-refractivity contribution in [2.24, 2.45) is 0 Å². The molecule has 3 heteroatoms. The van der Waals surface area contributed by atoms with Crippen LogP contribution in [0.1, 0.15) is 41.7 Å². The number of hydrogen-bond acceptors (Lipinski definition) is 2. The maximum atomic E-state index is 12.7. The number of fused-ring (bicyclic) bond motifs is 3. The minimum absolute atomic E-state index is 0.0206. The Labute approximate surface area is 219 Å². The Hall–Kier alpha value is -4.11. The van der Waals surface area contributed by atoms with Crippen LogP contribution in [0.5, 0.6) is 0 Å². The number of benzene rings is 4. The van der Waals surface area contributed by atoms with Gasteiger partial charge in [-0.05, 0) is 111 Å². The monoisotopic (exact) mass is 487 g/mol. The molecule has 0 aliphatic rings. The van der Waals surface area contributed by atoms with Crippen molar-refractivity contribution >= 4 is 33.2 Å². The van der Waals surface area contributed by atoms with E-state index >= 15 is 0 Å². The fraction of sp³-hybridized carbons (Fsp3) is 0.206. The van der Waals surface area contributed by atoms with Gasteiger partial charge in [0.2, 0.25) is 0 Å². The zero-order valence-electron chi connectivity index (χ0n) is 22.7. The normalized spacial score (nSPS) is 12.2. The summed E-state index contributed by atoms with van der Waals surface area (Å²) in [6, 6.07) is 25.9. The molecule has 37 heavy (non-hydrogen) atoms. The highest BCUT2D eigenvalue weighted by atomic mass is 16.5. The number of rotatable bonds is 5. The van der Waals surface area contributed by atoms with Gasteiger partial charge >= 0.3 is 0 Å². The van der Waals surface area contributed by atoms with Crippen molar-refractivity contribution in [2.45, 2.75) is 41.5 Å². The SMILES string of the molecule is CO/C(C)=C(\C(C)=O)c1c(C)c(C)c(-c2ccc3c(c2)c2ccccc2n3-c2ccccc2)c(C)c1C. The summed E-state index contributed by atoms with van der Waals surface area (Å²) in [7, 11) is 1.62. The zero-order chi connectivity index (χ0) is 26.4. The molecule has 0 spiro atoms. The van der Waals surface area contributed by atoms with Crippen molar-refractivity contribution in [3.05, 3.63) is 106 Å². The predicted molar refractivity (Wildman–Crippen MR) is 155 cm³/mol. The van der Waals surface area contributed by atoms with Crippen molar-refractivity contribution in [3.63, 3.8) is 0 Å². The standard InChI is InChI=1S/C34H33NO2/c1-20-22(3)33(34(24(5)36)25(6)37-7)23(4)21(2)32(20)26-17-18-31-29(19-26)28-15-11-12-16-30(28)35(31)27-13-9-8-10-14-27/h8-19H,1-7H3/b34-25+. The fourth-order valence-electron chi connectivity index (χ4n) is 5.81. The molecular formula is C34H33NO2. The topological polar surface area (TPSA) is 31.2 Å². The molecule has 0 aliphatic heterocycles. The number of allylic oxidation sites excluding steroid dienone is 2. The number of Topliss-reactive ketones (excluding diaryl/α,β-unsaturated/α-hetero) is 1. The first-order chi connectivity index (χ1) is 17.8. The minimum Gasteiger partial charge on any atom is -0.501 e. The molecule has 0 saturated heterocycles. The fourth-order valence-corrected chi connectivity index (χ4v) is 5.81. The van der Waals surface area contributed by atoms with Gasteiger partial charge in [0, 0.05) is 16.5 Å². The van der Waals surface area contributed by atoms with E-state index in [1.54, 1.807) is 14.0 Å². The molecule has 3 nitrogen and oxygen atoms in total. The zero-order valence-corrected chi connectivity index (χ0v) is 22.7. The molecule has 5 aromatic rings. The van der Waals surface area contributed by atoms with Gasteiger partial charge in [0.25, 0.3) is 0 Å². The van der Waals surface area contributed by atoms with Crippen molar-refractivity contribution in [1.82, 2.24) is 4.57 Å². The number of ether oxygens (including phenoxy) is 1. The minimum atomic E-state index is 0.0206. The van der Waals surface area contributed by atoms with Crippen LogP contribution in [0, 0.1) is 27.7 Å². The molecule has 1 aromatic heterocycles. The molecule has 0 saturated carbocycles. The number of ketones is 1. The molecule has 1 heterocycles. The van der Waals surface area contributed by atoms with Crippen LogP contribution in [0.3, 0.4) is 0 Å². The highest BCUT2D eigenvalue weighted by Crippen LogP contribution is 2.41. The molecule has 0 unspecified atom stereocenters. The second-order valence-corrected chi connectivity index (χ2v) is 9.86. The number of nitrogens with zero attached hydrogens (tertiary/aromatic N) is 1. The van der Waals surface area contributed by atoms with Gasteiger partial charge in [0.05, 0.1) is 23.7 Å². The molecule has 0 bridgehead atoms. The lowest BCUT2D eigenvalue weighted by Crippen LogP contribution is -2.09. The molecule has 186 valence electrons. The highest BCUT2D eigenvalue weighted by Gasteiger charge is 2.23. The number of para-hydroxylation sites is 2. The first-order valence-electron chi connectivity index (χ1n) is 12.7. The number of aromatic nitrogens is 1. The van der Waals surface area contributed by atoms with E-state index in [2.05, 4.69) is 105 Å². The second-order valence-electron chi connectivity index (χ2n) is 9.86. The molecular weight excluding hydrogens is 454 g/mol. The van der Waals surface area contributed by atoms with Crippen LogP contribution >= 0.6 is 0 Å². The third-order valence-electron chi connectivity index (χ3n) is 7.86. The average molecular weight is 488 g/mol. The maximum Gasteiger partial charge on any atom is 0.163 e. The Morgan fingerprint density at radius 1 is 0.703 bits per heavy atom. The van der Waals surface area contributed by atoms with Crippen molar-refractivity contribution in [1.29, 1.82) is 0 Å². The first-order valence-corrected chi connectivity index (χ1v) is 12.7.